The average molecular weight is 360 g/mol. The number of nitrogens with one attached hydrogen (secondary N) is 1. The number of ether oxygens (including phenoxy) is 1. The lowest BCUT2D eigenvalue weighted by Crippen LogP contribution is -2.41. The van der Waals surface area contributed by atoms with Crippen LogP contribution in [0.15, 0.2) is 36.5 Å². The van der Waals surface area contributed by atoms with Gasteiger partial charge in [0.25, 0.3) is 11.8 Å². The van der Waals surface area contributed by atoms with Crippen molar-refractivity contribution in [3.05, 3.63) is 58.4 Å². The molecule has 6 nitrogen and oxygen atoms in total. The van der Waals surface area contributed by atoms with Gasteiger partial charge in [0.1, 0.15) is 5.69 Å². The van der Waals surface area contributed by atoms with Gasteiger partial charge in [0, 0.05) is 35.6 Å². The maximum atomic E-state index is 12.5. The smallest absolute Gasteiger partial charge is 0.272 e. The molecule has 25 heavy (non-hydrogen) atoms. The van der Waals surface area contributed by atoms with Gasteiger partial charge in [0.15, 0.2) is 0 Å². The Morgan fingerprint density at radius 1 is 1.20 bits per heavy atom. The highest BCUT2D eigenvalue weighted by molar-refractivity contribution is 6.31. The van der Waals surface area contributed by atoms with Gasteiger partial charge in [-0.1, -0.05) is 17.7 Å². The number of carbonyl (C=O) groups is 2. The molecular weight excluding hydrogens is 342 g/mol. The minimum absolute atomic E-state index is 0.197. The van der Waals surface area contributed by atoms with E-state index in [1.807, 2.05) is 13.0 Å². The number of carbonyl (C=O) groups excluding carboxylic acids is 2. The van der Waals surface area contributed by atoms with Crippen LogP contribution in [0, 0.1) is 6.92 Å². The van der Waals surface area contributed by atoms with Crippen molar-refractivity contribution < 1.29 is 14.3 Å². The van der Waals surface area contributed by atoms with Crippen LogP contribution in [-0.2, 0) is 4.74 Å². The van der Waals surface area contributed by atoms with Gasteiger partial charge in [-0.05, 0) is 36.8 Å². The van der Waals surface area contributed by atoms with Crippen molar-refractivity contribution in [2.24, 2.45) is 0 Å². The maximum Gasteiger partial charge on any atom is 0.272 e. The van der Waals surface area contributed by atoms with Crippen molar-refractivity contribution in [2.45, 2.75) is 6.92 Å². The van der Waals surface area contributed by atoms with Crippen LogP contribution in [0.3, 0.4) is 0 Å². The zero-order valence-corrected chi connectivity index (χ0v) is 14.5. The fourth-order valence-corrected chi connectivity index (χ4v) is 2.71. The summed E-state index contributed by atoms with van der Waals surface area (Å²) in [7, 11) is 0. The van der Waals surface area contributed by atoms with Gasteiger partial charge < -0.3 is 15.0 Å². The number of rotatable bonds is 3. The first-order valence-corrected chi connectivity index (χ1v) is 8.33. The maximum absolute atomic E-state index is 12.5. The molecule has 3 rings (SSSR count). The van der Waals surface area contributed by atoms with Gasteiger partial charge in [0.2, 0.25) is 0 Å². The lowest BCUT2D eigenvalue weighted by Gasteiger charge is -2.26. The molecule has 0 saturated carbocycles. The van der Waals surface area contributed by atoms with E-state index in [4.69, 9.17) is 16.3 Å². The first kappa shape index (κ1) is 17.4. The van der Waals surface area contributed by atoms with Gasteiger partial charge in [-0.15, -0.1) is 0 Å². The summed E-state index contributed by atoms with van der Waals surface area (Å²) in [4.78, 5) is 30.8. The van der Waals surface area contributed by atoms with Crippen molar-refractivity contribution in [1.29, 1.82) is 0 Å². The molecule has 130 valence electrons. The third kappa shape index (κ3) is 4.15. The third-order valence-electron chi connectivity index (χ3n) is 3.99. The Hall–Kier alpha value is -2.44. The van der Waals surface area contributed by atoms with Crippen LogP contribution in [-0.4, -0.2) is 48.0 Å². The number of hydrogen-bond donors (Lipinski definition) is 1. The van der Waals surface area contributed by atoms with Gasteiger partial charge in [0.05, 0.1) is 13.2 Å². The fraction of sp³-hybridized carbons (Fsp3) is 0.278. The SMILES string of the molecule is Cc1ccc(Cl)cc1NC(=O)c1ccnc(C(=O)N2CCOCC2)c1. The molecule has 7 heteroatoms. The summed E-state index contributed by atoms with van der Waals surface area (Å²) in [5.41, 5.74) is 2.15. The van der Waals surface area contributed by atoms with Crippen LogP contribution in [0.25, 0.3) is 0 Å². The van der Waals surface area contributed by atoms with Crippen molar-refractivity contribution in [2.75, 3.05) is 31.6 Å². The minimum atomic E-state index is -0.316. The highest BCUT2D eigenvalue weighted by Gasteiger charge is 2.20. The highest BCUT2D eigenvalue weighted by atomic mass is 35.5. The topological polar surface area (TPSA) is 71.5 Å². The van der Waals surface area contributed by atoms with E-state index in [0.717, 1.165) is 5.56 Å². The number of halogens is 1. The number of aromatic nitrogens is 1. The van der Waals surface area contributed by atoms with Crippen molar-refractivity contribution in [3.63, 3.8) is 0 Å². The number of anilines is 1. The van der Waals surface area contributed by atoms with Crippen LogP contribution < -0.4 is 5.32 Å². The van der Waals surface area contributed by atoms with Crippen LogP contribution in [0.5, 0.6) is 0 Å². The van der Waals surface area contributed by atoms with Crippen LogP contribution in [0.4, 0.5) is 5.69 Å². The number of aryl methyl sites for hydroxylation is 1. The summed E-state index contributed by atoms with van der Waals surface area (Å²) in [5.74, 6) is -0.513. The second kappa shape index (κ2) is 7.63. The highest BCUT2D eigenvalue weighted by Crippen LogP contribution is 2.21. The third-order valence-corrected chi connectivity index (χ3v) is 4.22. The van der Waals surface area contributed by atoms with Crippen LogP contribution in [0.1, 0.15) is 26.4 Å². The molecule has 0 spiro atoms. The Kier molecular flexibility index (Phi) is 5.31. The van der Waals surface area contributed by atoms with E-state index >= 15 is 0 Å². The lowest BCUT2D eigenvalue weighted by molar-refractivity contribution is 0.0299. The van der Waals surface area contributed by atoms with E-state index in [2.05, 4.69) is 10.3 Å². The first-order valence-electron chi connectivity index (χ1n) is 7.95. The van der Waals surface area contributed by atoms with Crippen molar-refractivity contribution in [1.82, 2.24) is 9.88 Å². The second-order valence-electron chi connectivity index (χ2n) is 5.75. The molecule has 0 aliphatic carbocycles. The molecular formula is C18H18ClN3O3. The summed E-state index contributed by atoms with van der Waals surface area (Å²) in [6.07, 6.45) is 1.47. The summed E-state index contributed by atoms with van der Waals surface area (Å²) < 4.78 is 5.25. The van der Waals surface area contributed by atoms with E-state index in [1.54, 1.807) is 23.1 Å². The molecule has 0 radical (unpaired) electrons. The van der Waals surface area contributed by atoms with Gasteiger partial charge in [-0.25, -0.2) is 0 Å². The Bertz CT molecular complexity index is 804. The zero-order valence-electron chi connectivity index (χ0n) is 13.8. The molecule has 2 heterocycles. The van der Waals surface area contributed by atoms with E-state index in [-0.39, 0.29) is 17.5 Å². The number of morpholine rings is 1. The Morgan fingerprint density at radius 3 is 2.72 bits per heavy atom. The lowest BCUT2D eigenvalue weighted by atomic mass is 10.1. The number of amides is 2. The summed E-state index contributed by atoms with van der Waals surface area (Å²) >= 11 is 5.98. The van der Waals surface area contributed by atoms with Crippen molar-refractivity contribution >= 4 is 29.1 Å². The Labute approximate surface area is 150 Å². The predicted octanol–water partition coefficient (Wildman–Crippen LogP) is 2.77. The molecule has 1 fully saturated rings. The quantitative estimate of drug-likeness (QED) is 0.914. The summed E-state index contributed by atoms with van der Waals surface area (Å²) in [6, 6.07) is 8.37. The Morgan fingerprint density at radius 2 is 1.96 bits per heavy atom. The Balaban J connectivity index is 1.77. The molecule has 1 aromatic carbocycles. The molecule has 1 N–H and O–H groups in total. The number of pyridine rings is 1. The molecule has 1 saturated heterocycles. The van der Waals surface area contributed by atoms with Gasteiger partial charge in [-0.2, -0.15) is 0 Å². The standard InChI is InChI=1S/C18H18ClN3O3/c1-12-2-3-14(19)11-15(12)21-17(23)13-4-5-20-16(10-13)18(24)22-6-8-25-9-7-22/h2-5,10-11H,6-9H2,1H3,(H,21,23). The number of benzene rings is 1. The van der Waals surface area contributed by atoms with E-state index < -0.39 is 0 Å². The fourth-order valence-electron chi connectivity index (χ4n) is 2.54. The first-order chi connectivity index (χ1) is 12.0. The van der Waals surface area contributed by atoms with Gasteiger partial charge in [-0.3, -0.25) is 14.6 Å². The molecule has 0 unspecified atom stereocenters. The molecule has 1 aliphatic heterocycles. The number of nitrogens with zero attached hydrogens (tertiary/aromatic N) is 2. The van der Waals surface area contributed by atoms with E-state index in [0.29, 0.717) is 42.6 Å². The molecule has 1 aromatic heterocycles. The van der Waals surface area contributed by atoms with Gasteiger partial charge >= 0.3 is 0 Å². The molecule has 1 aliphatic rings. The predicted molar refractivity (Wildman–Crippen MR) is 95.1 cm³/mol. The van der Waals surface area contributed by atoms with E-state index in [1.165, 1.54) is 12.3 Å². The number of hydrogen-bond acceptors (Lipinski definition) is 4. The van der Waals surface area contributed by atoms with Crippen LogP contribution in [0.2, 0.25) is 5.02 Å². The molecule has 2 aromatic rings. The monoisotopic (exact) mass is 359 g/mol. The normalized spacial score (nSPS) is 14.2. The molecule has 0 atom stereocenters. The van der Waals surface area contributed by atoms with Crippen molar-refractivity contribution in [3.8, 4) is 0 Å². The zero-order chi connectivity index (χ0) is 17.8. The van der Waals surface area contributed by atoms with Crippen LogP contribution >= 0.6 is 11.6 Å². The summed E-state index contributed by atoms with van der Waals surface area (Å²) in [5, 5.41) is 3.36. The van der Waals surface area contributed by atoms with E-state index in [9.17, 15) is 9.59 Å². The average Bonchev–Trinajstić information content (AvgIpc) is 2.65. The minimum Gasteiger partial charge on any atom is -0.378 e. The molecule has 2 amide bonds. The molecule has 0 bridgehead atoms. The summed E-state index contributed by atoms with van der Waals surface area (Å²) in [6.45, 7) is 3.96. The second-order valence-corrected chi connectivity index (χ2v) is 6.18. The largest absolute Gasteiger partial charge is 0.378 e.